The van der Waals surface area contributed by atoms with E-state index < -0.39 is 15.4 Å². The van der Waals surface area contributed by atoms with E-state index in [1.54, 1.807) is 18.5 Å². The Bertz CT molecular complexity index is 439. The van der Waals surface area contributed by atoms with Crippen molar-refractivity contribution in [3.05, 3.63) is 22.4 Å². The van der Waals surface area contributed by atoms with Crippen LogP contribution < -0.4 is 8.79 Å². The van der Waals surface area contributed by atoms with Gasteiger partial charge in [0.05, 0.1) is 0 Å². The van der Waals surface area contributed by atoms with Crippen LogP contribution in [0.15, 0.2) is 17.5 Å². The van der Waals surface area contributed by atoms with Gasteiger partial charge in [-0.25, -0.2) is 0 Å². The van der Waals surface area contributed by atoms with Gasteiger partial charge in [-0.05, 0) is 0 Å². The van der Waals surface area contributed by atoms with Crippen molar-refractivity contribution < 1.29 is 0 Å². The summed E-state index contributed by atoms with van der Waals surface area (Å²) in [4.78, 5) is 4.70. The van der Waals surface area contributed by atoms with Gasteiger partial charge in [-0.15, -0.1) is 0 Å². The predicted octanol–water partition coefficient (Wildman–Crippen LogP) is 1.22. The topological polar surface area (TPSA) is 0 Å². The fraction of sp³-hybridized carbons (Fsp3) is 0.111. The second-order valence-electron chi connectivity index (χ2n) is 3.16. The predicted molar refractivity (Wildman–Crippen MR) is 60.2 cm³/mol. The molecule has 2 aromatic heterocycles. The van der Waals surface area contributed by atoms with E-state index in [9.17, 15) is 0 Å². The molecule has 0 unspecified atom stereocenters. The van der Waals surface area contributed by atoms with Crippen LogP contribution in [0.5, 0.6) is 0 Å². The zero-order valence-corrected chi connectivity index (χ0v) is 11.4. The van der Waals surface area contributed by atoms with Crippen LogP contribution in [0.1, 0.15) is 4.88 Å². The Hall–Kier alpha value is -0.0571. The Balaban J connectivity index is 2.32. The minimum absolute atomic E-state index is 0.511. The summed E-state index contributed by atoms with van der Waals surface area (Å²) >= 11 is 3.40. The second-order valence-corrected chi connectivity index (χ2v) is 9.27. The summed E-state index contributed by atoms with van der Waals surface area (Å²) in [7, 11) is 0. The van der Waals surface area contributed by atoms with Gasteiger partial charge < -0.3 is 0 Å². The molecule has 0 bridgehead atoms. The van der Waals surface area contributed by atoms with Crippen molar-refractivity contribution in [3.63, 3.8) is 0 Å². The van der Waals surface area contributed by atoms with Gasteiger partial charge in [0.15, 0.2) is 0 Å². The van der Waals surface area contributed by atoms with E-state index in [1.807, 2.05) is 22.7 Å². The summed E-state index contributed by atoms with van der Waals surface area (Å²) in [6, 6.07) is 4.74. The number of hydrogen-bond donors (Lipinski definition) is 0. The van der Waals surface area contributed by atoms with Crippen LogP contribution >= 0.6 is 22.7 Å². The molecule has 0 spiro atoms. The average Bonchev–Trinajstić information content (AvgIpc) is 2.59. The third kappa shape index (κ3) is 0.887. The van der Waals surface area contributed by atoms with Crippen LogP contribution in [0.2, 0.25) is 0 Å². The molecular formula is C9H8GeS2. The molecule has 1 aliphatic heterocycles. The normalized spacial score (nSPS) is 15.1. The number of rotatable bonds is 0. The fourth-order valence-electron chi connectivity index (χ4n) is 1.77. The van der Waals surface area contributed by atoms with Gasteiger partial charge in [-0.2, -0.15) is 0 Å². The number of fused-ring (bicyclic) bond motifs is 3. The number of thiophene rings is 2. The molecule has 3 heteroatoms. The molecule has 2 aromatic rings. The summed E-state index contributed by atoms with van der Waals surface area (Å²) in [5.74, 6) is 0. The summed E-state index contributed by atoms with van der Waals surface area (Å²) in [6.07, 6.45) is 0. The van der Waals surface area contributed by atoms with Crippen molar-refractivity contribution >= 4 is 46.9 Å². The summed E-state index contributed by atoms with van der Waals surface area (Å²) in [6.45, 7) is 2.22. The Labute approximate surface area is 85.7 Å². The Morgan fingerprint density at radius 2 is 2.17 bits per heavy atom. The summed E-state index contributed by atoms with van der Waals surface area (Å²) in [5, 5.41) is 2.24. The monoisotopic (exact) mass is 254 g/mol. The molecule has 0 aliphatic carbocycles. The molecule has 0 fully saturated rings. The first-order valence-corrected chi connectivity index (χ1v) is 8.67. The van der Waals surface area contributed by atoms with E-state index in [0.29, 0.717) is 0 Å². The molecule has 60 valence electrons. The average molecular weight is 253 g/mol. The van der Waals surface area contributed by atoms with Gasteiger partial charge in [-0.1, -0.05) is 0 Å². The van der Waals surface area contributed by atoms with E-state index in [0.717, 1.165) is 0 Å². The fourth-order valence-corrected chi connectivity index (χ4v) is 10.4. The zero-order chi connectivity index (χ0) is 8.13. The maximum atomic E-state index is 2.41. The second kappa shape index (κ2) is 2.47. The van der Waals surface area contributed by atoms with Gasteiger partial charge in [0, 0.05) is 0 Å². The molecule has 0 atom stereocenters. The molecule has 12 heavy (non-hydrogen) atoms. The van der Waals surface area contributed by atoms with Crippen molar-refractivity contribution in [2.45, 2.75) is 6.92 Å². The van der Waals surface area contributed by atoms with Crippen LogP contribution in [0, 0.1) is 6.92 Å². The Morgan fingerprint density at radius 3 is 3.08 bits per heavy atom. The van der Waals surface area contributed by atoms with Crippen LogP contribution in [-0.4, -0.2) is 15.4 Å². The molecule has 0 radical (unpaired) electrons. The summed E-state index contributed by atoms with van der Waals surface area (Å²) < 4.78 is 3.44. The van der Waals surface area contributed by atoms with Gasteiger partial charge in [0.2, 0.25) is 0 Å². The molecule has 1 aliphatic rings. The van der Waals surface area contributed by atoms with Crippen LogP contribution in [-0.2, 0) is 0 Å². The van der Waals surface area contributed by atoms with Crippen molar-refractivity contribution in [2.75, 3.05) is 0 Å². The first kappa shape index (κ1) is 7.36. The third-order valence-corrected chi connectivity index (χ3v) is 9.56. The van der Waals surface area contributed by atoms with E-state index >= 15 is 0 Å². The minimum atomic E-state index is -0.511. The molecule has 0 amide bonds. The molecule has 0 N–H and O–H groups in total. The molecule has 3 heterocycles. The number of aryl methyl sites for hydroxylation is 1. The summed E-state index contributed by atoms with van der Waals surface area (Å²) in [5.41, 5.74) is 0. The standard InChI is InChI=1S/C9H8GeS2/c1-5-4-7-9(12-5)8-6(10-7)2-3-11-8/h2-4H,10H2,1H3. The van der Waals surface area contributed by atoms with Crippen LogP contribution in [0.4, 0.5) is 0 Å². The molecule has 3 rings (SSSR count). The van der Waals surface area contributed by atoms with E-state index in [2.05, 4.69) is 24.4 Å². The van der Waals surface area contributed by atoms with Crippen molar-refractivity contribution in [3.8, 4) is 9.75 Å². The molecular weight excluding hydrogens is 245 g/mol. The molecule has 0 saturated carbocycles. The maximum absolute atomic E-state index is 2.41. The molecule has 0 saturated heterocycles. The van der Waals surface area contributed by atoms with Crippen molar-refractivity contribution in [1.82, 2.24) is 0 Å². The van der Waals surface area contributed by atoms with Gasteiger partial charge in [0.25, 0.3) is 0 Å². The zero-order valence-electron chi connectivity index (χ0n) is 6.76. The van der Waals surface area contributed by atoms with Gasteiger partial charge in [0.1, 0.15) is 0 Å². The van der Waals surface area contributed by atoms with E-state index in [1.165, 1.54) is 4.88 Å². The Kier molecular flexibility index (Phi) is 1.51. The van der Waals surface area contributed by atoms with Crippen LogP contribution in [0.25, 0.3) is 9.75 Å². The van der Waals surface area contributed by atoms with E-state index in [4.69, 9.17) is 0 Å². The van der Waals surface area contributed by atoms with Crippen molar-refractivity contribution in [2.24, 2.45) is 0 Å². The number of hydrogen-bond acceptors (Lipinski definition) is 2. The Morgan fingerprint density at radius 1 is 1.25 bits per heavy atom. The van der Waals surface area contributed by atoms with Crippen LogP contribution in [0.3, 0.4) is 0 Å². The quantitative estimate of drug-likeness (QED) is 0.528. The first-order chi connectivity index (χ1) is 5.84. The SMILES string of the molecule is Cc1c[c]2c(s1)-c1scc[c]1[GeH2]2. The third-order valence-electron chi connectivity index (χ3n) is 2.27. The van der Waals surface area contributed by atoms with Gasteiger partial charge >= 0.3 is 86.0 Å². The van der Waals surface area contributed by atoms with Crippen molar-refractivity contribution in [1.29, 1.82) is 0 Å². The van der Waals surface area contributed by atoms with E-state index in [-0.39, 0.29) is 0 Å². The first-order valence-electron chi connectivity index (χ1n) is 4.00. The molecule has 0 aromatic carbocycles. The van der Waals surface area contributed by atoms with Gasteiger partial charge in [-0.3, -0.25) is 0 Å². The molecule has 0 nitrogen and oxygen atoms in total.